The molecule has 0 saturated carbocycles. The summed E-state index contributed by atoms with van der Waals surface area (Å²) in [5.74, 6) is -0.779. The van der Waals surface area contributed by atoms with E-state index in [4.69, 9.17) is 8.37 Å². The number of oxime groups is 2. The molecule has 0 bridgehead atoms. The lowest BCUT2D eigenvalue weighted by Gasteiger charge is -2.14. The lowest BCUT2D eigenvalue weighted by atomic mass is 10.0. The number of aryl methyl sites for hydroxylation is 2. The molecular formula is C36H26F6N2O12S4. The van der Waals surface area contributed by atoms with Crippen LogP contribution in [0.1, 0.15) is 22.3 Å². The molecule has 0 radical (unpaired) electrons. The van der Waals surface area contributed by atoms with Gasteiger partial charge in [0.15, 0.2) is 11.4 Å². The second-order valence-corrected chi connectivity index (χ2v) is 18.3. The van der Waals surface area contributed by atoms with Crippen LogP contribution in [0.5, 0.6) is 11.5 Å². The van der Waals surface area contributed by atoms with Crippen LogP contribution >= 0.6 is 0 Å². The third-order valence-electron chi connectivity index (χ3n) is 7.66. The average molecular weight is 921 g/mol. The molecule has 0 aliphatic rings. The Morgan fingerprint density at radius 1 is 0.433 bits per heavy atom. The lowest BCUT2D eigenvalue weighted by Crippen LogP contribution is -2.27. The van der Waals surface area contributed by atoms with Gasteiger partial charge in [-0.15, -0.1) is 0 Å². The zero-order valence-corrected chi connectivity index (χ0v) is 33.5. The first kappa shape index (κ1) is 45.1. The predicted octanol–water partition coefficient (Wildman–Crippen LogP) is 7.18. The molecule has 5 rings (SSSR count). The third-order valence-corrected chi connectivity index (χ3v) is 12.4. The molecule has 60 heavy (non-hydrogen) atoms. The van der Waals surface area contributed by atoms with Gasteiger partial charge in [-0.3, -0.25) is 8.57 Å². The minimum Gasteiger partial charge on any atom is -0.379 e. The molecule has 0 saturated heterocycles. The highest BCUT2D eigenvalue weighted by molar-refractivity contribution is 7.87. The van der Waals surface area contributed by atoms with E-state index in [1.165, 1.54) is 48.5 Å². The summed E-state index contributed by atoms with van der Waals surface area (Å²) in [6.45, 7) is 3.42. The van der Waals surface area contributed by atoms with E-state index in [1.54, 1.807) is 13.8 Å². The molecule has 318 valence electrons. The Hall–Kier alpha value is -5.98. The largest absolute Gasteiger partial charge is 0.437 e. The Morgan fingerprint density at radius 3 is 1.02 bits per heavy atom. The molecule has 0 fully saturated rings. The molecule has 0 N–H and O–H groups in total. The molecule has 14 nitrogen and oxygen atoms in total. The van der Waals surface area contributed by atoms with Crippen LogP contribution < -0.4 is 8.37 Å². The maximum absolute atomic E-state index is 14.2. The molecule has 0 aliphatic heterocycles. The van der Waals surface area contributed by atoms with Crippen molar-refractivity contribution in [2.45, 2.75) is 45.8 Å². The van der Waals surface area contributed by atoms with E-state index in [0.717, 1.165) is 59.7 Å². The van der Waals surface area contributed by atoms with E-state index >= 15 is 0 Å². The Labute approximate surface area is 338 Å². The highest BCUT2D eigenvalue weighted by Crippen LogP contribution is 2.30. The molecule has 0 unspecified atom stereocenters. The maximum Gasteiger partial charge on any atom is 0.437 e. The van der Waals surface area contributed by atoms with Crippen LogP contribution in [0.4, 0.5) is 26.3 Å². The quantitative estimate of drug-likeness (QED) is 0.0471. The van der Waals surface area contributed by atoms with Gasteiger partial charge in [0.25, 0.3) is 0 Å². The Morgan fingerprint density at radius 2 is 0.717 bits per heavy atom. The van der Waals surface area contributed by atoms with E-state index in [-0.39, 0.29) is 27.4 Å². The van der Waals surface area contributed by atoms with Crippen molar-refractivity contribution in [3.05, 3.63) is 144 Å². The Balaban J connectivity index is 1.35. The number of nitrogens with zero attached hydrogens (tertiary/aromatic N) is 2. The number of hydrogen-bond donors (Lipinski definition) is 0. The molecule has 0 aliphatic carbocycles. The van der Waals surface area contributed by atoms with Crippen LogP contribution in [0.25, 0.3) is 0 Å². The Kier molecular flexibility index (Phi) is 12.7. The summed E-state index contributed by atoms with van der Waals surface area (Å²) in [6, 6.07) is 19.3. The van der Waals surface area contributed by atoms with Gasteiger partial charge < -0.3 is 8.37 Å². The van der Waals surface area contributed by atoms with Crippen LogP contribution in [0.2, 0.25) is 0 Å². The molecule has 5 aromatic carbocycles. The zero-order valence-electron chi connectivity index (χ0n) is 30.2. The number of rotatable bonds is 14. The molecule has 5 aromatic rings. The number of alkyl halides is 6. The predicted molar refractivity (Wildman–Crippen MR) is 199 cm³/mol. The highest BCUT2D eigenvalue weighted by atomic mass is 32.2. The smallest absolute Gasteiger partial charge is 0.379 e. The summed E-state index contributed by atoms with van der Waals surface area (Å²) >= 11 is 0. The lowest BCUT2D eigenvalue weighted by molar-refractivity contribution is -0.0603. The van der Waals surface area contributed by atoms with Crippen LogP contribution in [0, 0.1) is 13.8 Å². The highest BCUT2D eigenvalue weighted by Gasteiger charge is 2.42. The second-order valence-electron chi connectivity index (χ2n) is 12.2. The van der Waals surface area contributed by atoms with E-state index in [2.05, 4.69) is 18.9 Å². The van der Waals surface area contributed by atoms with Crippen molar-refractivity contribution in [3.63, 3.8) is 0 Å². The zero-order chi connectivity index (χ0) is 44.3. The standard InChI is InChI=1S/C36H26F6N2O12S4/c1-23-6-14-29(15-7-23)57(45,46)53-27-10-18-31(19-11-27)59(49,50)55-43-33(35(37,38)39)25-4-3-5-26(22-25)34(36(40,41)42)44-56-60(51,52)32-20-12-28(13-21-32)54-58(47,48)30-16-8-24(2)9-17-30/h3-22H,1-2H3. The van der Waals surface area contributed by atoms with Crippen LogP contribution in [0.15, 0.2) is 151 Å². The van der Waals surface area contributed by atoms with Gasteiger partial charge in [-0.1, -0.05) is 63.9 Å². The van der Waals surface area contributed by atoms with E-state index < -0.39 is 85.2 Å². The van der Waals surface area contributed by atoms with Crippen molar-refractivity contribution >= 4 is 51.9 Å². The van der Waals surface area contributed by atoms with Gasteiger partial charge in [0.1, 0.15) is 31.1 Å². The molecule has 0 aromatic heterocycles. The number of halogens is 6. The SMILES string of the molecule is Cc1ccc(S(=O)(=O)Oc2ccc(S(=O)(=O)ON=C(c3cccc(C(=NOS(=O)(=O)c4ccc(OS(=O)(=O)c5ccc(C)cc5)cc4)C(F)(F)F)c3)C(F)(F)F)cc2)cc1. The van der Waals surface area contributed by atoms with Gasteiger partial charge in [-0.05, 0) is 92.7 Å². The second kappa shape index (κ2) is 16.9. The summed E-state index contributed by atoms with van der Waals surface area (Å²) in [5, 5.41) is 5.32. The van der Waals surface area contributed by atoms with Crippen molar-refractivity contribution in [2.75, 3.05) is 0 Å². The monoisotopic (exact) mass is 920 g/mol. The van der Waals surface area contributed by atoms with Crippen molar-refractivity contribution in [1.82, 2.24) is 0 Å². The topological polar surface area (TPSA) is 198 Å². The van der Waals surface area contributed by atoms with Crippen molar-refractivity contribution < 1.29 is 76.9 Å². The van der Waals surface area contributed by atoms with E-state index in [9.17, 15) is 60.0 Å². The third kappa shape index (κ3) is 11.2. The summed E-state index contributed by atoms with van der Waals surface area (Å²) in [5.41, 5.74) is -5.21. The van der Waals surface area contributed by atoms with Gasteiger partial charge in [-0.25, -0.2) is 0 Å². The molecule has 0 heterocycles. The first-order valence-corrected chi connectivity index (χ1v) is 21.9. The molecule has 0 spiro atoms. The summed E-state index contributed by atoms with van der Waals surface area (Å²) < 4.78 is 205. The molecule has 0 atom stereocenters. The first-order valence-electron chi connectivity index (χ1n) is 16.3. The van der Waals surface area contributed by atoms with Crippen LogP contribution in [-0.2, 0) is 49.0 Å². The summed E-state index contributed by atoms with van der Waals surface area (Å²) in [4.78, 5) is -2.13. The van der Waals surface area contributed by atoms with Crippen molar-refractivity contribution in [1.29, 1.82) is 0 Å². The van der Waals surface area contributed by atoms with Gasteiger partial charge in [0.05, 0.1) is 0 Å². The normalized spacial score (nSPS) is 13.4. The summed E-state index contributed by atoms with van der Waals surface area (Å²) in [6.07, 6.45) is -11.1. The first-order chi connectivity index (χ1) is 27.8. The van der Waals surface area contributed by atoms with Gasteiger partial charge in [0.2, 0.25) is 0 Å². The fraction of sp³-hybridized carbons (Fsp3) is 0.111. The van der Waals surface area contributed by atoms with Crippen molar-refractivity contribution in [3.8, 4) is 11.5 Å². The van der Waals surface area contributed by atoms with Gasteiger partial charge in [0, 0.05) is 11.1 Å². The van der Waals surface area contributed by atoms with Crippen LogP contribution in [-0.4, -0.2) is 57.4 Å². The van der Waals surface area contributed by atoms with Gasteiger partial charge in [-0.2, -0.15) is 60.0 Å². The molecule has 24 heteroatoms. The van der Waals surface area contributed by atoms with Crippen LogP contribution in [0.3, 0.4) is 0 Å². The van der Waals surface area contributed by atoms with Crippen molar-refractivity contribution in [2.24, 2.45) is 10.3 Å². The summed E-state index contributed by atoms with van der Waals surface area (Å²) in [7, 11) is -19.1. The number of hydrogen-bond acceptors (Lipinski definition) is 14. The Bertz CT molecular complexity index is 2690. The van der Waals surface area contributed by atoms with E-state index in [1.807, 2.05) is 0 Å². The maximum atomic E-state index is 14.2. The van der Waals surface area contributed by atoms with E-state index in [0.29, 0.717) is 18.2 Å². The molecule has 0 amide bonds. The minimum atomic E-state index is -5.57. The molecular weight excluding hydrogens is 895 g/mol. The fourth-order valence-corrected chi connectivity index (χ4v) is 8.01. The average Bonchev–Trinajstić information content (AvgIpc) is 3.14. The fourth-order valence-electron chi connectivity index (χ4n) is 4.69. The van der Waals surface area contributed by atoms with Gasteiger partial charge >= 0.3 is 52.8 Å². The number of benzene rings is 5. The minimum absolute atomic E-state index is 0.200.